The molecule has 3 atom stereocenters. The van der Waals surface area contributed by atoms with Crippen LogP contribution in [0.1, 0.15) is 110 Å². The molecule has 48 heavy (non-hydrogen) atoms. The average molecular weight is 696 g/mol. The number of rotatable bonds is 32. The Kier molecular flexibility index (Phi) is 31.2. The van der Waals surface area contributed by atoms with Gasteiger partial charge in [-0.3, -0.25) is 18.6 Å². The fourth-order valence-corrected chi connectivity index (χ4v) is 4.80. The van der Waals surface area contributed by atoms with Crippen molar-refractivity contribution in [2.75, 3.05) is 26.4 Å². The van der Waals surface area contributed by atoms with E-state index in [1.807, 2.05) is 12.2 Å². The van der Waals surface area contributed by atoms with E-state index in [0.29, 0.717) is 19.4 Å². The number of nitrogens with two attached hydrogens (primary N) is 1. The van der Waals surface area contributed by atoms with E-state index >= 15 is 0 Å². The Morgan fingerprint density at radius 1 is 0.688 bits per heavy atom. The number of ether oxygens (including phenoxy) is 2. The zero-order chi connectivity index (χ0) is 35.6. The van der Waals surface area contributed by atoms with Crippen LogP contribution in [-0.2, 0) is 32.7 Å². The van der Waals surface area contributed by atoms with Gasteiger partial charge in [0.15, 0.2) is 0 Å². The third-order valence-electron chi connectivity index (χ3n) is 6.72. The largest absolute Gasteiger partial charge is 0.480 e. The minimum atomic E-state index is -4.63. The number of carboxylic acids is 1. The number of aliphatic carboxylic acids is 1. The maximum Gasteiger partial charge on any atom is 0.472 e. The number of carbonyl (C=O) groups is 2. The SMILES string of the molecule is CC/C=C\C/C=C\C/C=C\C/C=C\C/C=C\CCOCC(COP(=O)(O)OCC(N)C(=O)O)OC(=O)CCCCCCC/C=C\CCC. The summed E-state index contributed by atoms with van der Waals surface area (Å²) >= 11 is 0. The predicted molar refractivity (Wildman–Crippen MR) is 193 cm³/mol. The summed E-state index contributed by atoms with van der Waals surface area (Å²) in [7, 11) is -4.63. The van der Waals surface area contributed by atoms with E-state index in [4.69, 9.17) is 24.8 Å². The number of esters is 1. The summed E-state index contributed by atoms with van der Waals surface area (Å²) in [6.45, 7) is 3.42. The lowest BCUT2D eigenvalue weighted by Crippen LogP contribution is -2.34. The Hall–Kier alpha value is -2.59. The van der Waals surface area contributed by atoms with Crippen molar-refractivity contribution in [3.63, 3.8) is 0 Å². The molecule has 0 saturated heterocycles. The molecule has 0 aliphatic rings. The number of hydrogen-bond donors (Lipinski definition) is 3. The Balaban J connectivity index is 4.50. The number of carbonyl (C=O) groups excluding carboxylic acids is 1. The van der Waals surface area contributed by atoms with Gasteiger partial charge in [-0.15, -0.1) is 0 Å². The van der Waals surface area contributed by atoms with Gasteiger partial charge in [0.05, 0.1) is 26.4 Å². The number of phosphoric acid groups is 1. The lowest BCUT2D eigenvalue weighted by atomic mass is 10.1. The maximum atomic E-state index is 12.5. The molecule has 0 fully saturated rings. The van der Waals surface area contributed by atoms with E-state index in [9.17, 15) is 19.0 Å². The molecule has 11 heteroatoms. The first-order valence-electron chi connectivity index (χ1n) is 17.5. The normalized spacial score (nSPS) is 15.1. The fraction of sp³-hybridized carbons (Fsp3) is 0.622. The fourth-order valence-electron chi connectivity index (χ4n) is 4.02. The molecule has 0 rings (SSSR count). The van der Waals surface area contributed by atoms with Crippen LogP contribution in [0.15, 0.2) is 72.9 Å². The molecular formula is C37H62NO9P. The van der Waals surface area contributed by atoms with Crippen molar-refractivity contribution in [2.45, 2.75) is 122 Å². The minimum absolute atomic E-state index is 0.0450. The van der Waals surface area contributed by atoms with Crippen LogP contribution >= 0.6 is 7.82 Å². The smallest absolute Gasteiger partial charge is 0.472 e. The van der Waals surface area contributed by atoms with E-state index in [1.54, 1.807) is 0 Å². The molecule has 0 aliphatic heterocycles. The Morgan fingerprint density at radius 2 is 1.21 bits per heavy atom. The van der Waals surface area contributed by atoms with Gasteiger partial charge >= 0.3 is 19.8 Å². The van der Waals surface area contributed by atoms with Crippen molar-refractivity contribution in [3.8, 4) is 0 Å². The van der Waals surface area contributed by atoms with Gasteiger partial charge in [-0.25, -0.2) is 4.57 Å². The Morgan fingerprint density at radius 3 is 1.81 bits per heavy atom. The molecule has 10 nitrogen and oxygen atoms in total. The van der Waals surface area contributed by atoms with Crippen LogP contribution in [0.2, 0.25) is 0 Å². The predicted octanol–water partition coefficient (Wildman–Crippen LogP) is 8.69. The first-order valence-corrected chi connectivity index (χ1v) is 19.0. The van der Waals surface area contributed by atoms with Crippen molar-refractivity contribution in [2.24, 2.45) is 5.73 Å². The van der Waals surface area contributed by atoms with E-state index in [-0.39, 0.29) is 13.0 Å². The third kappa shape index (κ3) is 32.0. The van der Waals surface area contributed by atoms with Crippen LogP contribution in [0.3, 0.4) is 0 Å². The molecule has 0 saturated carbocycles. The highest BCUT2D eigenvalue weighted by Gasteiger charge is 2.27. The van der Waals surface area contributed by atoms with Crippen molar-refractivity contribution < 1.29 is 42.7 Å². The van der Waals surface area contributed by atoms with E-state index in [2.05, 4.69) is 79.1 Å². The van der Waals surface area contributed by atoms with Crippen LogP contribution in [0.25, 0.3) is 0 Å². The Bertz CT molecular complexity index is 1040. The summed E-state index contributed by atoms with van der Waals surface area (Å²) in [6.07, 6.45) is 38.5. The van der Waals surface area contributed by atoms with Crippen LogP contribution < -0.4 is 5.73 Å². The highest BCUT2D eigenvalue weighted by Crippen LogP contribution is 2.43. The van der Waals surface area contributed by atoms with Crippen molar-refractivity contribution in [1.29, 1.82) is 0 Å². The lowest BCUT2D eigenvalue weighted by Gasteiger charge is -2.20. The number of hydrogen-bond acceptors (Lipinski definition) is 8. The summed E-state index contributed by atoms with van der Waals surface area (Å²) in [5, 5.41) is 8.84. The molecule has 0 aliphatic carbocycles. The molecular weight excluding hydrogens is 633 g/mol. The maximum absolute atomic E-state index is 12.5. The number of carboxylic acid groups (broad SMARTS) is 1. The van der Waals surface area contributed by atoms with E-state index in [0.717, 1.165) is 77.0 Å². The number of unbranched alkanes of at least 4 members (excludes halogenated alkanes) is 6. The molecule has 0 spiro atoms. The quantitative estimate of drug-likeness (QED) is 0.0269. The summed E-state index contributed by atoms with van der Waals surface area (Å²) in [5.74, 6) is -1.83. The molecule has 0 radical (unpaired) electrons. The Labute approximate surface area is 289 Å². The second-order valence-corrected chi connectivity index (χ2v) is 12.7. The van der Waals surface area contributed by atoms with Gasteiger partial charge in [-0.05, 0) is 64.2 Å². The first-order chi connectivity index (χ1) is 23.2. The van der Waals surface area contributed by atoms with Gasteiger partial charge in [0.25, 0.3) is 0 Å². The van der Waals surface area contributed by atoms with Gasteiger partial charge in [0, 0.05) is 6.42 Å². The van der Waals surface area contributed by atoms with Gasteiger partial charge in [-0.2, -0.15) is 0 Å². The molecule has 0 aromatic heterocycles. The monoisotopic (exact) mass is 695 g/mol. The molecule has 4 N–H and O–H groups in total. The number of phosphoric ester groups is 1. The van der Waals surface area contributed by atoms with Crippen LogP contribution in [0, 0.1) is 0 Å². The zero-order valence-electron chi connectivity index (χ0n) is 29.3. The van der Waals surface area contributed by atoms with Crippen molar-refractivity contribution in [1.82, 2.24) is 0 Å². The van der Waals surface area contributed by atoms with E-state index < -0.39 is 45.1 Å². The second kappa shape index (κ2) is 32.9. The summed E-state index contributed by atoms with van der Waals surface area (Å²) in [4.78, 5) is 33.2. The number of allylic oxidation sites excluding steroid dienone is 11. The van der Waals surface area contributed by atoms with Gasteiger partial charge < -0.3 is 25.2 Å². The average Bonchev–Trinajstić information content (AvgIpc) is 3.06. The topological polar surface area (TPSA) is 155 Å². The second-order valence-electron chi connectivity index (χ2n) is 11.3. The molecule has 0 bridgehead atoms. The minimum Gasteiger partial charge on any atom is -0.480 e. The molecule has 0 aromatic carbocycles. The standard InChI is InChI=1S/C37H62NO9P/c1-3-5-7-9-11-13-15-16-17-18-19-20-22-24-26-28-30-44-31-34(32-45-48(42,43)46-33-35(38)37(40)41)47-36(39)29-27-25-23-21-14-12-10-8-6-4-2/h5,7-8,10-11,13,16-17,19-20,24,26,34-35H,3-4,6,9,12,14-15,18,21-23,25,27-33,38H2,1-2H3,(H,40,41)(H,42,43)/b7-5-,10-8-,13-11-,17-16-,20-19-,26-24-. The van der Waals surface area contributed by atoms with Crippen molar-refractivity contribution >= 4 is 19.8 Å². The third-order valence-corrected chi connectivity index (χ3v) is 7.67. The summed E-state index contributed by atoms with van der Waals surface area (Å²) in [6, 6.07) is -1.49. The molecule has 0 aromatic rings. The molecule has 3 unspecified atom stereocenters. The van der Waals surface area contributed by atoms with Gasteiger partial charge in [0.1, 0.15) is 12.1 Å². The van der Waals surface area contributed by atoms with Gasteiger partial charge in [-0.1, -0.05) is 112 Å². The summed E-state index contributed by atoms with van der Waals surface area (Å²) in [5.41, 5.74) is 5.32. The van der Waals surface area contributed by atoms with Crippen molar-refractivity contribution in [3.05, 3.63) is 72.9 Å². The summed E-state index contributed by atoms with van der Waals surface area (Å²) < 4.78 is 33.0. The van der Waals surface area contributed by atoms with Crippen LogP contribution in [0.4, 0.5) is 0 Å². The van der Waals surface area contributed by atoms with Crippen LogP contribution in [-0.4, -0.2) is 60.5 Å². The first kappa shape index (κ1) is 45.4. The van der Waals surface area contributed by atoms with Crippen LogP contribution in [0.5, 0.6) is 0 Å². The van der Waals surface area contributed by atoms with Gasteiger partial charge in [0.2, 0.25) is 0 Å². The highest BCUT2D eigenvalue weighted by molar-refractivity contribution is 7.47. The molecule has 0 heterocycles. The zero-order valence-corrected chi connectivity index (χ0v) is 30.2. The molecule has 0 amide bonds. The lowest BCUT2D eigenvalue weighted by molar-refractivity contribution is -0.154. The molecule has 274 valence electrons. The van der Waals surface area contributed by atoms with E-state index in [1.165, 1.54) is 0 Å². The highest BCUT2D eigenvalue weighted by atomic mass is 31.2.